The number of aryl methyl sites for hydroxylation is 3. The summed E-state index contributed by atoms with van der Waals surface area (Å²) >= 11 is 0. The number of pyridine rings is 1. The summed E-state index contributed by atoms with van der Waals surface area (Å²) in [4.78, 5) is 4.61. The Morgan fingerprint density at radius 3 is 1.78 bits per heavy atom. The van der Waals surface area contributed by atoms with Gasteiger partial charge in [0.25, 0.3) is 0 Å². The average molecular weight is 430 g/mol. The van der Waals surface area contributed by atoms with Crippen LogP contribution in [0, 0.1) is 0 Å². The third kappa shape index (κ3) is 8.15. The summed E-state index contributed by atoms with van der Waals surface area (Å²) < 4.78 is 5.85. The predicted molar refractivity (Wildman–Crippen MR) is 136 cm³/mol. The van der Waals surface area contributed by atoms with Crippen LogP contribution in [0.25, 0.3) is 11.3 Å². The van der Waals surface area contributed by atoms with E-state index < -0.39 is 0 Å². The molecular formula is C30H39NO. The lowest BCUT2D eigenvalue weighted by atomic mass is 10.0. The molecule has 0 aliphatic rings. The van der Waals surface area contributed by atoms with Crippen molar-refractivity contribution in [2.75, 3.05) is 6.61 Å². The molecule has 0 atom stereocenters. The Balaban J connectivity index is 1.43. The van der Waals surface area contributed by atoms with Gasteiger partial charge in [-0.1, -0.05) is 101 Å². The fraction of sp³-hybridized carbons (Fsp3) is 0.433. The van der Waals surface area contributed by atoms with E-state index in [0.717, 1.165) is 42.9 Å². The molecule has 32 heavy (non-hydrogen) atoms. The van der Waals surface area contributed by atoms with E-state index in [0.29, 0.717) is 0 Å². The molecule has 0 spiro atoms. The summed E-state index contributed by atoms with van der Waals surface area (Å²) in [6.07, 6.45) is 14.0. The van der Waals surface area contributed by atoms with Crippen molar-refractivity contribution in [3.05, 3.63) is 83.6 Å². The van der Waals surface area contributed by atoms with Gasteiger partial charge in [0.1, 0.15) is 5.75 Å². The number of nitrogens with zero attached hydrogens (tertiary/aromatic N) is 1. The molecule has 0 fully saturated rings. The summed E-state index contributed by atoms with van der Waals surface area (Å²) in [5.41, 5.74) is 6.36. The number of ether oxygens (including phenoxy) is 1. The second-order valence-corrected chi connectivity index (χ2v) is 8.76. The quantitative estimate of drug-likeness (QED) is 0.241. The van der Waals surface area contributed by atoms with Gasteiger partial charge in [-0.2, -0.15) is 0 Å². The number of rotatable bonds is 14. The summed E-state index contributed by atoms with van der Waals surface area (Å²) in [5.74, 6) is 0.865. The van der Waals surface area contributed by atoms with Gasteiger partial charge in [0, 0.05) is 5.56 Å². The van der Waals surface area contributed by atoms with Crippen LogP contribution in [0.4, 0.5) is 0 Å². The Bertz CT molecular complexity index is 882. The molecule has 3 aromatic rings. The zero-order valence-corrected chi connectivity index (χ0v) is 20.0. The van der Waals surface area contributed by atoms with Gasteiger partial charge < -0.3 is 4.74 Å². The summed E-state index contributed by atoms with van der Waals surface area (Å²) in [6.45, 7) is 5.26. The molecule has 0 saturated carbocycles. The van der Waals surface area contributed by atoms with Crippen LogP contribution in [0.2, 0.25) is 0 Å². The molecule has 2 aromatic carbocycles. The fourth-order valence-electron chi connectivity index (χ4n) is 4.00. The Morgan fingerprint density at radius 2 is 1.19 bits per heavy atom. The predicted octanol–water partition coefficient (Wildman–Crippen LogP) is 8.23. The molecule has 0 amide bonds. The second-order valence-electron chi connectivity index (χ2n) is 8.76. The van der Waals surface area contributed by atoms with Crippen LogP contribution in [0.1, 0.15) is 75.5 Å². The maximum atomic E-state index is 5.85. The molecule has 0 saturated heterocycles. The second kappa shape index (κ2) is 13.7. The first kappa shape index (κ1) is 24.0. The van der Waals surface area contributed by atoms with Crippen molar-refractivity contribution < 1.29 is 4.74 Å². The smallest absolute Gasteiger partial charge is 0.137 e. The molecule has 0 aliphatic carbocycles. The lowest BCUT2D eigenvalue weighted by Gasteiger charge is -2.08. The maximum Gasteiger partial charge on any atom is 0.137 e. The zero-order chi connectivity index (χ0) is 22.4. The summed E-state index contributed by atoms with van der Waals surface area (Å²) in [7, 11) is 0. The SMILES string of the molecule is CCCCCCCCOc1ccc(-c2ccc(CCc3ccc(CCC)cc3)cc2)nc1. The van der Waals surface area contributed by atoms with E-state index in [4.69, 9.17) is 4.74 Å². The van der Waals surface area contributed by atoms with Gasteiger partial charge >= 0.3 is 0 Å². The minimum Gasteiger partial charge on any atom is -0.492 e. The molecule has 1 heterocycles. The Hall–Kier alpha value is -2.61. The molecule has 0 radical (unpaired) electrons. The van der Waals surface area contributed by atoms with E-state index in [2.05, 4.69) is 73.4 Å². The highest BCUT2D eigenvalue weighted by Gasteiger charge is 2.03. The molecule has 2 nitrogen and oxygen atoms in total. The van der Waals surface area contributed by atoms with Gasteiger partial charge in [0.2, 0.25) is 0 Å². The van der Waals surface area contributed by atoms with Crippen LogP contribution >= 0.6 is 0 Å². The minimum absolute atomic E-state index is 0.781. The zero-order valence-electron chi connectivity index (χ0n) is 20.0. The molecular weight excluding hydrogens is 390 g/mol. The third-order valence-corrected chi connectivity index (χ3v) is 6.02. The molecule has 170 valence electrons. The van der Waals surface area contributed by atoms with Gasteiger partial charge in [-0.05, 0) is 54.5 Å². The normalized spacial score (nSPS) is 10.9. The van der Waals surface area contributed by atoms with Crippen LogP contribution in [0.15, 0.2) is 66.9 Å². The standard InChI is InChI=1S/C30H39NO/c1-3-5-6-7-8-9-23-32-29-21-22-30(31-24-29)28-19-17-27(18-20-28)16-15-26-13-11-25(10-4-2)12-14-26/h11-14,17-22,24H,3-10,15-16,23H2,1-2H3. The van der Waals surface area contributed by atoms with Crippen molar-refractivity contribution >= 4 is 0 Å². The van der Waals surface area contributed by atoms with Gasteiger partial charge in [-0.25, -0.2) is 0 Å². The molecule has 1 aromatic heterocycles. The summed E-state index contributed by atoms with van der Waals surface area (Å²) in [5, 5.41) is 0. The van der Waals surface area contributed by atoms with E-state index >= 15 is 0 Å². The van der Waals surface area contributed by atoms with Crippen LogP contribution in [0.3, 0.4) is 0 Å². The van der Waals surface area contributed by atoms with Crippen molar-refractivity contribution in [2.45, 2.75) is 78.1 Å². The molecule has 0 unspecified atom stereocenters. The van der Waals surface area contributed by atoms with Crippen molar-refractivity contribution in [1.29, 1.82) is 0 Å². The maximum absolute atomic E-state index is 5.85. The lowest BCUT2D eigenvalue weighted by Crippen LogP contribution is -1.98. The van der Waals surface area contributed by atoms with Gasteiger partial charge in [-0.15, -0.1) is 0 Å². The Kier molecular flexibility index (Phi) is 10.3. The largest absolute Gasteiger partial charge is 0.492 e. The van der Waals surface area contributed by atoms with E-state index in [1.54, 1.807) is 0 Å². The van der Waals surface area contributed by atoms with Crippen LogP contribution in [-0.2, 0) is 19.3 Å². The Labute approximate surface area is 195 Å². The first-order valence-electron chi connectivity index (χ1n) is 12.5. The summed E-state index contributed by atoms with van der Waals surface area (Å²) in [6, 6.07) is 22.0. The average Bonchev–Trinajstić information content (AvgIpc) is 2.84. The monoisotopic (exact) mass is 429 g/mol. The fourth-order valence-corrected chi connectivity index (χ4v) is 4.00. The first-order chi connectivity index (χ1) is 15.8. The van der Waals surface area contributed by atoms with Crippen molar-refractivity contribution in [3.8, 4) is 17.0 Å². The van der Waals surface area contributed by atoms with Crippen molar-refractivity contribution in [1.82, 2.24) is 4.98 Å². The molecule has 0 aliphatic heterocycles. The van der Waals surface area contributed by atoms with Gasteiger partial charge in [-0.3, -0.25) is 4.98 Å². The molecule has 3 rings (SSSR count). The third-order valence-electron chi connectivity index (χ3n) is 6.02. The highest BCUT2D eigenvalue weighted by atomic mass is 16.5. The number of aromatic nitrogens is 1. The number of benzene rings is 2. The van der Waals surface area contributed by atoms with Gasteiger partial charge in [0.15, 0.2) is 0 Å². The van der Waals surface area contributed by atoms with Crippen molar-refractivity contribution in [3.63, 3.8) is 0 Å². The van der Waals surface area contributed by atoms with Crippen LogP contribution < -0.4 is 4.74 Å². The number of hydrogen-bond donors (Lipinski definition) is 0. The van der Waals surface area contributed by atoms with E-state index in [1.165, 1.54) is 61.6 Å². The minimum atomic E-state index is 0.781. The highest BCUT2D eigenvalue weighted by molar-refractivity contribution is 5.59. The van der Waals surface area contributed by atoms with Crippen LogP contribution in [-0.4, -0.2) is 11.6 Å². The van der Waals surface area contributed by atoms with Crippen molar-refractivity contribution in [2.24, 2.45) is 0 Å². The van der Waals surface area contributed by atoms with E-state index in [9.17, 15) is 0 Å². The molecule has 0 N–H and O–H groups in total. The van der Waals surface area contributed by atoms with E-state index in [1.807, 2.05) is 12.3 Å². The topological polar surface area (TPSA) is 22.1 Å². The lowest BCUT2D eigenvalue weighted by molar-refractivity contribution is 0.303. The Morgan fingerprint density at radius 1 is 0.594 bits per heavy atom. The highest BCUT2D eigenvalue weighted by Crippen LogP contribution is 2.21. The molecule has 2 heteroatoms. The van der Waals surface area contributed by atoms with Crippen LogP contribution in [0.5, 0.6) is 5.75 Å². The number of hydrogen-bond acceptors (Lipinski definition) is 2. The van der Waals surface area contributed by atoms with Gasteiger partial charge in [0.05, 0.1) is 18.5 Å². The molecule has 0 bridgehead atoms. The number of unbranched alkanes of at least 4 members (excludes halogenated alkanes) is 5. The van der Waals surface area contributed by atoms with E-state index in [-0.39, 0.29) is 0 Å². The first-order valence-corrected chi connectivity index (χ1v) is 12.5.